The van der Waals surface area contributed by atoms with Crippen molar-refractivity contribution >= 4 is 5.78 Å². The first-order valence-electron chi connectivity index (χ1n) is 2.63. The quantitative estimate of drug-likeness (QED) is 0.469. The van der Waals surface area contributed by atoms with Gasteiger partial charge < -0.3 is 0 Å². The van der Waals surface area contributed by atoms with E-state index in [1.807, 2.05) is 6.92 Å². The second-order valence-corrected chi connectivity index (χ2v) is 2.50. The van der Waals surface area contributed by atoms with E-state index in [2.05, 4.69) is 0 Å². The van der Waals surface area contributed by atoms with Crippen LogP contribution in [0, 0.1) is 16.7 Å². The van der Waals surface area contributed by atoms with Crippen molar-refractivity contribution in [2.45, 2.75) is 19.8 Å². The van der Waals surface area contributed by atoms with Crippen molar-refractivity contribution in [1.82, 2.24) is 0 Å². The van der Waals surface area contributed by atoms with Gasteiger partial charge in [-0.1, -0.05) is 6.92 Å². The van der Waals surface area contributed by atoms with Crippen LogP contribution in [0.15, 0.2) is 0 Å². The molecule has 0 amide bonds. The van der Waals surface area contributed by atoms with E-state index in [-0.39, 0.29) is 11.2 Å². The first-order chi connectivity index (χ1) is 3.69. The van der Waals surface area contributed by atoms with E-state index in [1.54, 1.807) is 6.07 Å². The molecule has 2 nitrogen and oxygen atoms in total. The molecule has 8 heavy (non-hydrogen) atoms. The molecule has 0 aliphatic heterocycles. The molecule has 0 N–H and O–H groups in total. The second-order valence-electron chi connectivity index (χ2n) is 2.50. The number of hydrogen-bond acceptors (Lipinski definition) is 2. The molecule has 2 heteroatoms. The third kappa shape index (κ3) is 0.604. The molecule has 0 radical (unpaired) electrons. The summed E-state index contributed by atoms with van der Waals surface area (Å²) in [4.78, 5) is 10.5. The lowest BCUT2D eigenvalue weighted by atomic mass is 10.1. The number of ketones is 1. The van der Waals surface area contributed by atoms with Crippen LogP contribution in [0.25, 0.3) is 0 Å². The number of hydrogen-bond donors (Lipinski definition) is 0. The van der Waals surface area contributed by atoms with Crippen molar-refractivity contribution in [3.8, 4) is 6.07 Å². The lowest BCUT2D eigenvalue weighted by Gasteiger charge is -1.93. The fourth-order valence-corrected chi connectivity index (χ4v) is 0.550. The van der Waals surface area contributed by atoms with Crippen LogP contribution in [0.5, 0.6) is 0 Å². The van der Waals surface area contributed by atoms with E-state index in [9.17, 15) is 4.79 Å². The van der Waals surface area contributed by atoms with Crippen molar-refractivity contribution in [1.29, 1.82) is 5.26 Å². The predicted molar refractivity (Wildman–Crippen MR) is 28.0 cm³/mol. The number of rotatable bonds is 1. The number of nitriles is 1. The Morgan fingerprint density at radius 2 is 2.25 bits per heavy atom. The zero-order valence-corrected chi connectivity index (χ0v) is 4.77. The minimum atomic E-state index is -0.252. The number of nitrogens with zero attached hydrogens (tertiary/aromatic N) is 1. The topological polar surface area (TPSA) is 40.9 Å². The minimum Gasteiger partial charge on any atom is -0.282 e. The SMILES string of the molecule is CC1(C(=O)C#N)CC1. The van der Waals surface area contributed by atoms with Gasteiger partial charge in [0, 0.05) is 5.41 Å². The highest BCUT2D eigenvalue weighted by Crippen LogP contribution is 2.45. The van der Waals surface area contributed by atoms with Crippen LogP contribution in [-0.2, 0) is 4.79 Å². The molecule has 0 heterocycles. The summed E-state index contributed by atoms with van der Waals surface area (Å²) in [5.74, 6) is -0.252. The number of carbonyl (C=O) groups is 1. The summed E-state index contributed by atoms with van der Waals surface area (Å²) in [6.45, 7) is 1.83. The van der Waals surface area contributed by atoms with Crippen molar-refractivity contribution in [3.05, 3.63) is 0 Å². The lowest BCUT2D eigenvalue weighted by molar-refractivity contribution is -0.118. The molecular formula is C6H7NO. The van der Waals surface area contributed by atoms with E-state index in [0.717, 1.165) is 12.8 Å². The third-order valence-electron chi connectivity index (χ3n) is 1.65. The number of carbonyl (C=O) groups excluding carboxylic acids is 1. The molecule has 1 saturated carbocycles. The molecule has 0 aromatic carbocycles. The van der Waals surface area contributed by atoms with Crippen LogP contribution in [0.1, 0.15) is 19.8 Å². The van der Waals surface area contributed by atoms with Gasteiger partial charge in [0.1, 0.15) is 6.07 Å². The predicted octanol–water partition coefficient (Wildman–Crippen LogP) is 0.879. The molecule has 0 aromatic heterocycles. The van der Waals surface area contributed by atoms with Crippen LogP contribution >= 0.6 is 0 Å². The first kappa shape index (κ1) is 5.30. The van der Waals surface area contributed by atoms with Gasteiger partial charge in [0.15, 0.2) is 0 Å². The van der Waals surface area contributed by atoms with E-state index >= 15 is 0 Å². The van der Waals surface area contributed by atoms with Gasteiger partial charge in [-0.05, 0) is 12.8 Å². The second kappa shape index (κ2) is 1.32. The maximum atomic E-state index is 10.5. The van der Waals surface area contributed by atoms with Gasteiger partial charge in [-0.15, -0.1) is 0 Å². The van der Waals surface area contributed by atoms with Gasteiger partial charge in [0.2, 0.25) is 5.78 Å². The Kier molecular flexibility index (Phi) is 0.872. The Morgan fingerprint density at radius 3 is 2.38 bits per heavy atom. The Hall–Kier alpha value is -0.840. The summed E-state index contributed by atoms with van der Waals surface area (Å²) in [7, 11) is 0. The van der Waals surface area contributed by atoms with Crippen LogP contribution in [0.4, 0.5) is 0 Å². The van der Waals surface area contributed by atoms with Crippen molar-refractivity contribution in [2.24, 2.45) is 5.41 Å². The molecule has 0 bridgehead atoms. The molecular weight excluding hydrogens is 102 g/mol. The van der Waals surface area contributed by atoms with Gasteiger partial charge >= 0.3 is 0 Å². The monoisotopic (exact) mass is 109 g/mol. The van der Waals surface area contributed by atoms with E-state index in [0.29, 0.717) is 0 Å². The average molecular weight is 109 g/mol. The summed E-state index contributed by atoms with van der Waals surface area (Å²) in [5.41, 5.74) is -0.241. The Bertz CT molecular complexity index is 162. The molecule has 0 atom stereocenters. The molecule has 1 aliphatic rings. The van der Waals surface area contributed by atoms with Crippen molar-refractivity contribution in [3.63, 3.8) is 0 Å². The molecule has 0 spiro atoms. The zero-order valence-electron chi connectivity index (χ0n) is 4.77. The number of Topliss-reactive ketones (excluding diaryl/α,β-unsaturated/α-hetero) is 1. The van der Waals surface area contributed by atoms with Gasteiger partial charge in [0.05, 0.1) is 0 Å². The van der Waals surface area contributed by atoms with Crippen LogP contribution in [-0.4, -0.2) is 5.78 Å². The minimum absolute atomic E-state index is 0.241. The molecule has 1 fully saturated rings. The Morgan fingerprint density at radius 1 is 1.75 bits per heavy atom. The van der Waals surface area contributed by atoms with Gasteiger partial charge in [-0.3, -0.25) is 4.79 Å². The van der Waals surface area contributed by atoms with Gasteiger partial charge in [0.25, 0.3) is 0 Å². The normalized spacial score (nSPS) is 21.5. The maximum absolute atomic E-state index is 10.5. The van der Waals surface area contributed by atoms with E-state index in [4.69, 9.17) is 5.26 Å². The molecule has 1 aliphatic carbocycles. The van der Waals surface area contributed by atoms with E-state index in [1.165, 1.54) is 0 Å². The largest absolute Gasteiger partial charge is 0.282 e. The molecule has 0 aromatic rings. The first-order valence-corrected chi connectivity index (χ1v) is 2.63. The van der Waals surface area contributed by atoms with Crippen molar-refractivity contribution < 1.29 is 4.79 Å². The van der Waals surface area contributed by atoms with Crippen LogP contribution in [0.3, 0.4) is 0 Å². The molecule has 1 rings (SSSR count). The zero-order chi connectivity index (χ0) is 6.20. The summed E-state index contributed by atoms with van der Waals surface area (Å²) in [6.07, 6.45) is 1.80. The fraction of sp³-hybridized carbons (Fsp3) is 0.667. The molecule has 0 saturated heterocycles. The average Bonchev–Trinajstić information content (AvgIpc) is 2.47. The standard InChI is InChI=1S/C6H7NO/c1-6(2-3-6)5(8)4-7/h2-3H2,1H3. The Balaban J connectivity index is 2.63. The highest BCUT2D eigenvalue weighted by molar-refractivity contribution is 5.99. The third-order valence-corrected chi connectivity index (χ3v) is 1.65. The summed E-state index contributed by atoms with van der Waals surface area (Å²) in [5, 5.41) is 8.11. The fourth-order valence-electron chi connectivity index (χ4n) is 0.550. The van der Waals surface area contributed by atoms with Gasteiger partial charge in [-0.2, -0.15) is 5.26 Å². The van der Waals surface area contributed by atoms with Crippen LogP contribution < -0.4 is 0 Å². The van der Waals surface area contributed by atoms with Gasteiger partial charge in [-0.25, -0.2) is 0 Å². The molecule has 0 unspecified atom stereocenters. The summed E-state index contributed by atoms with van der Waals surface area (Å²) >= 11 is 0. The Labute approximate surface area is 48.1 Å². The highest BCUT2D eigenvalue weighted by atomic mass is 16.1. The van der Waals surface area contributed by atoms with Crippen molar-refractivity contribution in [2.75, 3.05) is 0 Å². The smallest absolute Gasteiger partial charge is 0.237 e. The highest BCUT2D eigenvalue weighted by Gasteiger charge is 2.44. The molecule has 42 valence electrons. The summed E-state index contributed by atoms with van der Waals surface area (Å²) < 4.78 is 0. The maximum Gasteiger partial charge on any atom is 0.237 e. The lowest BCUT2D eigenvalue weighted by Crippen LogP contribution is -2.07. The van der Waals surface area contributed by atoms with Crippen LogP contribution in [0.2, 0.25) is 0 Å². The summed E-state index contributed by atoms with van der Waals surface area (Å²) in [6, 6.07) is 1.63. The van der Waals surface area contributed by atoms with E-state index < -0.39 is 0 Å².